The van der Waals surface area contributed by atoms with Gasteiger partial charge in [0.15, 0.2) is 5.82 Å². The first kappa shape index (κ1) is 27.7. The van der Waals surface area contributed by atoms with Crippen molar-refractivity contribution in [2.24, 2.45) is 0 Å². The standard InChI is InChI=1S/C25H26ClF2N5O4S/c1-25(27,28)17-4-3-5-19(14-17)37-22-7-6-18(15-20(22)26)32-24-23-21(29-16-30-24)8-10-33(23)11-13-36-12-9-31-38(2,34)35/h3-8,10,14-16,31H,9,11-13H2,1-2H3,(H,29,30,32). The topological polar surface area (TPSA) is 107 Å². The molecule has 0 amide bonds. The van der Waals surface area contributed by atoms with E-state index in [0.29, 0.717) is 30.4 Å². The van der Waals surface area contributed by atoms with Crippen LogP contribution in [0.2, 0.25) is 5.02 Å². The molecule has 2 aromatic heterocycles. The number of rotatable bonds is 12. The lowest BCUT2D eigenvalue weighted by molar-refractivity contribution is 0.0173. The summed E-state index contributed by atoms with van der Waals surface area (Å²) in [6.07, 6.45) is 4.40. The summed E-state index contributed by atoms with van der Waals surface area (Å²) in [4.78, 5) is 8.67. The summed E-state index contributed by atoms with van der Waals surface area (Å²) in [6, 6.07) is 12.6. The molecule has 2 N–H and O–H groups in total. The van der Waals surface area contributed by atoms with Crippen LogP contribution in [0.3, 0.4) is 0 Å². The average Bonchev–Trinajstić information content (AvgIpc) is 3.26. The maximum absolute atomic E-state index is 13.7. The van der Waals surface area contributed by atoms with E-state index in [4.69, 9.17) is 21.1 Å². The fraction of sp³-hybridized carbons (Fsp3) is 0.280. The first-order valence-electron chi connectivity index (χ1n) is 11.5. The van der Waals surface area contributed by atoms with Crippen LogP contribution in [0.15, 0.2) is 61.1 Å². The molecule has 0 unspecified atom stereocenters. The van der Waals surface area contributed by atoms with Crippen LogP contribution in [0.5, 0.6) is 11.5 Å². The Balaban J connectivity index is 1.44. The number of anilines is 2. The van der Waals surface area contributed by atoms with E-state index in [-0.39, 0.29) is 29.5 Å². The molecule has 0 radical (unpaired) electrons. The van der Waals surface area contributed by atoms with Crippen molar-refractivity contribution in [3.8, 4) is 11.5 Å². The molecule has 13 heteroatoms. The SMILES string of the molecule is CC(F)(F)c1cccc(Oc2ccc(Nc3ncnc4ccn(CCOCCNS(C)(=O)=O)c34)cc2Cl)c1. The number of hydrogen-bond donors (Lipinski definition) is 2. The Bertz CT molecular complexity index is 1530. The van der Waals surface area contributed by atoms with Crippen molar-refractivity contribution in [1.82, 2.24) is 19.3 Å². The molecule has 4 aromatic rings. The molecule has 38 heavy (non-hydrogen) atoms. The third-order valence-electron chi connectivity index (χ3n) is 5.40. The molecule has 202 valence electrons. The third kappa shape index (κ3) is 7.38. The molecular formula is C25H26ClF2N5O4S. The Morgan fingerprint density at radius 2 is 1.92 bits per heavy atom. The Labute approximate surface area is 223 Å². The van der Waals surface area contributed by atoms with Gasteiger partial charge in [0.1, 0.15) is 23.3 Å². The minimum absolute atomic E-state index is 0.156. The number of aromatic nitrogens is 3. The van der Waals surface area contributed by atoms with Crippen LogP contribution < -0.4 is 14.8 Å². The number of nitrogens with zero attached hydrogens (tertiary/aromatic N) is 3. The molecule has 0 saturated carbocycles. The monoisotopic (exact) mass is 565 g/mol. The average molecular weight is 566 g/mol. The lowest BCUT2D eigenvalue weighted by atomic mass is 10.1. The van der Waals surface area contributed by atoms with Crippen LogP contribution in [0.4, 0.5) is 20.3 Å². The van der Waals surface area contributed by atoms with Gasteiger partial charge in [0.25, 0.3) is 5.92 Å². The molecule has 0 spiro atoms. The van der Waals surface area contributed by atoms with Crippen LogP contribution in [0, 0.1) is 0 Å². The zero-order valence-corrected chi connectivity index (χ0v) is 22.2. The number of alkyl halides is 2. The van der Waals surface area contributed by atoms with Crippen molar-refractivity contribution >= 4 is 44.2 Å². The van der Waals surface area contributed by atoms with Gasteiger partial charge in [-0.1, -0.05) is 23.7 Å². The fourth-order valence-electron chi connectivity index (χ4n) is 3.63. The predicted molar refractivity (Wildman–Crippen MR) is 142 cm³/mol. The number of ether oxygens (including phenoxy) is 2. The van der Waals surface area contributed by atoms with Gasteiger partial charge in [-0.2, -0.15) is 0 Å². The molecule has 0 bridgehead atoms. The van der Waals surface area contributed by atoms with Crippen LogP contribution in [-0.4, -0.2) is 49.0 Å². The van der Waals surface area contributed by atoms with Gasteiger partial charge in [-0.25, -0.2) is 31.9 Å². The number of hydrogen-bond acceptors (Lipinski definition) is 7. The molecule has 0 aliphatic carbocycles. The van der Waals surface area contributed by atoms with E-state index in [1.807, 2.05) is 16.8 Å². The van der Waals surface area contributed by atoms with Crippen molar-refractivity contribution in [2.45, 2.75) is 19.4 Å². The van der Waals surface area contributed by atoms with Crippen molar-refractivity contribution in [3.63, 3.8) is 0 Å². The quantitative estimate of drug-likeness (QED) is 0.224. The van der Waals surface area contributed by atoms with Crippen molar-refractivity contribution < 1.29 is 26.7 Å². The Kier molecular flexibility index (Phi) is 8.46. The summed E-state index contributed by atoms with van der Waals surface area (Å²) in [5.41, 5.74) is 1.95. The van der Waals surface area contributed by atoms with Gasteiger partial charge in [-0.05, 0) is 36.4 Å². The first-order chi connectivity index (χ1) is 18.0. The highest BCUT2D eigenvalue weighted by atomic mass is 35.5. The number of sulfonamides is 1. The summed E-state index contributed by atoms with van der Waals surface area (Å²) in [6.45, 7) is 2.11. The van der Waals surface area contributed by atoms with E-state index in [2.05, 4.69) is 20.0 Å². The Morgan fingerprint density at radius 3 is 2.66 bits per heavy atom. The largest absolute Gasteiger partial charge is 0.456 e. The smallest absolute Gasteiger partial charge is 0.270 e. The lowest BCUT2D eigenvalue weighted by Crippen LogP contribution is -2.26. The number of nitrogens with one attached hydrogen (secondary N) is 2. The zero-order valence-electron chi connectivity index (χ0n) is 20.6. The van der Waals surface area contributed by atoms with Crippen molar-refractivity contribution in [3.05, 3.63) is 71.6 Å². The maximum Gasteiger partial charge on any atom is 0.270 e. The second-order valence-corrected chi connectivity index (χ2v) is 10.8. The Morgan fingerprint density at radius 1 is 1.11 bits per heavy atom. The number of halogens is 3. The summed E-state index contributed by atoms with van der Waals surface area (Å²) >= 11 is 6.43. The normalized spacial score (nSPS) is 12.1. The molecule has 2 heterocycles. The third-order valence-corrected chi connectivity index (χ3v) is 6.42. The maximum atomic E-state index is 13.7. The highest BCUT2D eigenvalue weighted by molar-refractivity contribution is 7.88. The molecule has 2 aromatic carbocycles. The minimum Gasteiger partial charge on any atom is -0.456 e. The van der Waals surface area contributed by atoms with Gasteiger partial charge in [-0.3, -0.25) is 0 Å². The molecule has 0 aliphatic rings. The van der Waals surface area contributed by atoms with Gasteiger partial charge in [0.05, 0.1) is 30.0 Å². The van der Waals surface area contributed by atoms with E-state index in [1.54, 1.807) is 24.3 Å². The highest BCUT2D eigenvalue weighted by Gasteiger charge is 2.24. The number of benzene rings is 2. The molecule has 9 nitrogen and oxygen atoms in total. The summed E-state index contributed by atoms with van der Waals surface area (Å²) < 4.78 is 65.1. The van der Waals surface area contributed by atoms with Gasteiger partial charge in [0.2, 0.25) is 10.0 Å². The second kappa shape index (κ2) is 11.6. The van der Waals surface area contributed by atoms with E-state index in [0.717, 1.165) is 24.2 Å². The van der Waals surface area contributed by atoms with Gasteiger partial charge in [-0.15, -0.1) is 0 Å². The number of fused-ring (bicyclic) bond motifs is 1. The first-order valence-corrected chi connectivity index (χ1v) is 13.8. The van der Waals surface area contributed by atoms with Crippen LogP contribution in [0.1, 0.15) is 12.5 Å². The van der Waals surface area contributed by atoms with E-state index in [1.165, 1.54) is 24.5 Å². The van der Waals surface area contributed by atoms with Crippen LogP contribution in [0.25, 0.3) is 11.0 Å². The summed E-state index contributed by atoms with van der Waals surface area (Å²) in [5, 5.41) is 3.51. The van der Waals surface area contributed by atoms with Crippen molar-refractivity contribution in [2.75, 3.05) is 31.3 Å². The highest BCUT2D eigenvalue weighted by Crippen LogP contribution is 2.35. The molecule has 0 aliphatic heterocycles. The van der Waals surface area contributed by atoms with Crippen molar-refractivity contribution in [1.29, 1.82) is 0 Å². The molecule has 0 atom stereocenters. The molecule has 4 rings (SSSR count). The van der Waals surface area contributed by atoms with Crippen LogP contribution >= 0.6 is 11.6 Å². The van der Waals surface area contributed by atoms with Gasteiger partial charge in [0, 0.05) is 37.5 Å². The van der Waals surface area contributed by atoms with E-state index in [9.17, 15) is 17.2 Å². The minimum atomic E-state index is -3.25. The second-order valence-electron chi connectivity index (χ2n) is 8.53. The molecular weight excluding hydrogens is 540 g/mol. The fourth-order valence-corrected chi connectivity index (χ4v) is 4.31. The van der Waals surface area contributed by atoms with E-state index < -0.39 is 15.9 Å². The van der Waals surface area contributed by atoms with E-state index >= 15 is 0 Å². The molecule has 0 saturated heterocycles. The summed E-state index contributed by atoms with van der Waals surface area (Å²) in [5.74, 6) is -1.89. The zero-order chi connectivity index (χ0) is 27.3. The van der Waals surface area contributed by atoms with Gasteiger partial charge >= 0.3 is 0 Å². The lowest BCUT2D eigenvalue weighted by Gasteiger charge is -2.14. The Hall–Kier alpha value is -3.32. The van der Waals surface area contributed by atoms with Crippen LogP contribution in [-0.2, 0) is 27.2 Å². The molecule has 0 fully saturated rings. The predicted octanol–water partition coefficient (Wildman–Crippen LogP) is 5.30. The summed E-state index contributed by atoms with van der Waals surface area (Å²) in [7, 11) is -3.25. The van der Waals surface area contributed by atoms with Gasteiger partial charge < -0.3 is 19.4 Å².